The zero-order valence-electron chi connectivity index (χ0n) is 10.4. The first kappa shape index (κ1) is 12.7. The predicted molar refractivity (Wildman–Crippen MR) is 68.7 cm³/mol. The third-order valence-corrected chi connectivity index (χ3v) is 3.04. The van der Waals surface area contributed by atoms with E-state index in [-0.39, 0.29) is 12.1 Å². The molecule has 2 atom stereocenters. The number of amides is 1. The number of carbonyl (C=O) groups excluding carboxylic acids is 1. The molecule has 1 aliphatic rings. The van der Waals surface area contributed by atoms with Gasteiger partial charge in [0.05, 0.1) is 7.11 Å². The minimum absolute atomic E-state index is 0.0572. The third-order valence-electron chi connectivity index (χ3n) is 3.04. The van der Waals surface area contributed by atoms with Crippen LogP contribution in [0.4, 0.5) is 10.5 Å². The number of ether oxygens (including phenoxy) is 2. The molecule has 0 spiro atoms. The third kappa shape index (κ3) is 3.37. The second-order valence-corrected chi connectivity index (χ2v) is 4.45. The lowest BCUT2D eigenvalue weighted by Crippen LogP contribution is -2.22. The van der Waals surface area contributed by atoms with E-state index in [9.17, 15) is 4.79 Å². The molecule has 1 aliphatic carbocycles. The van der Waals surface area contributed by atoms with Crippen LogP contribution < -0.4 is 15.8 Å². The van der Waals surface area contributed by atoms with Gasteiger partial charge in [-0.2, -0.15) is 0 Å². The Bertz CT molecular complexity index is 405. The fraction of sp³-hybridized carbons (Fsp3) is 0.462. The summed E-state index contributed by atoms with van der Waals surface area (Å²) in [5.41, 5.74) is 6.44. The summed E-state index contributed by atoms with van der Waals surface area (Å²) in [5, 5.41) is 2.68. The molecule has 1 amide bonds. The average Bonchev–Trinajstić information content (AvgIpc) is 2.75. The quantitative estimate of drug-likeness (QED) is 0.861. The predicted octanol–water partition coefficient (Wildman–Crippen LogP) is 2.12. The van der Waals surface area contributed by atoms with Gasteiger partial charge in [0.25, 0.3) is 0 Å². The minimum atomic E-state index is -0.431. The van der Waals surface area contributed by atoms with Crippen molar-refractivity contribution in [2.45, 2.75) is 31.4 Å². The molecule has 2 rings (SSSR count). The Morgan fingerprint density at radius 2 is 2.06 bits per heavy atom. The van der Waals surface area contributed by atoms with Crippen LogP contribution in [0.15, 0.2) is 24.3 Å². The van der Waals surface area contributed by atoms with E-state index in [0.717, 1.165) is 25.0 Å². The van der Waals surface area contributed by atoms with Crippen molar-refractivity contribution in [1.29, 1.82) is 0 Å². The minimum Gasteiger partial charge on any atom is -0.497 e. The smallest absolute Gasteiger partial charge is 0.411 e. The number of carbonyl (C=O) groups is 1. The molecule has 0 radical (unpaired) electrons. The molecule has 5 nitrogen and oxygen atoms in total. The number of anilines is 1. The Morgan fingerprint density at radius 1 is 1.33 bits per heavy atom. The van der Waals surface area contributed by atoms with Crippen LogP contribution in [-0.4, -0.2) is 25.3 Å². The molecular formula is C13H18N2O3. The maximum Gasteiger partial charge on any atom is 0.411 e. The molecule has 18 heavy (non-hydrogen) atoms. The molecule has 98 valence electrons. The number of methoxy groups -OCH3 is 1. The average molecular weight is 250 g/mol. The van der Waals surface area contributed by atoms with Gasteiger partial charge in [-0.05, 0) is 43.5 Å². The van der Waals surface area contributed by atoms with Crippen LogP contribution in [0.3, 0.4) is 0 Å². The lowest BCUT2D eigenvalue weighted by molar-refractivity contribution is 0.114. The molecule has 1 saturated carbocycles. The molecule has 1 fully saturated rings. The van der Waals surface area contributed by atoms with E-state index in [1.165, 1.54) is 0 Å². The Morgan fingerprint density at radius 3 is 2.61 bits per heavy atom. The second kappa shape index (κ2) is 5.73. The summed E-state index contributed by atoms with van der Waals surface area (Å²) < 4.78 is 10.3. The zero-order chi connectivity index (χ0) is 13.0. The first-order valence-corrected chi connectivity index (χ1v) is 6.04. The van der Waals surface area contributed by atoms with Crippen molar-refractivity contribution in [3.63, 3.8) is 0 Å². The van der Waals surface area contributed by atoms with Crippen molar-refractivity contribution in [3.8, 4) is 5.75 Å². The van der Waals surface area contributed by atoms with E-state index < -0.39 is 6.09 Å². The Hall–Kier alpha value is -1.75. The molecule has 0 aromatic heterocycles. The number of benzene rings is 1. The molecule has 0 heterocycles. The molecule has 1 aromatic carbocycles. The van der Waals surface area contributed by atoms with Crippen molar-refractivity contribution < 1.29 is 14.3 Å². The normalized spacial score (nSPS) is 22.6. The maximum atomic E-state index is 11.6. The van der Waals surface area contributed by atoms with Gasteiger partial charge in [0.2, 0.25) is 0 Å². The molecular weight excluding hydrogens is 232 g/mol. The van der Waals surface area contributed by atoms with Gasteiger partial charge >= 0.3 is 6.09 Å². The molecule has 2 unspecified atom stereocenters. The van der Waals surface area contributed by atoms with E-state index in [4.69, 9.17) is 15.2 Å². The summed E-state index contributed by atoms with van der Waals surface area (Å²) in [6, 6.07) is 7.24. The molecule has 0 bridgehead atoms. The highest BCUT2D eigenvalue weighted by atomic mass is 16.6. The highest BCUT2D eigenvalue weighted by molar-refractivity contribution is 5.84. The standard InChI is InChI=1S/C13H18N2O3/c1-17-11-6-3-10(4-7-11)15-13(16)18-12-5-2-9(14)8-12/h3-4,6-7,9,12H,2,5,8,14H2,1H3,(H,15,16). The highest BCUT2D eigenvalue weighted by Gasteiger charge is 2.24. The highest BCUT2D eigenvalue weighted by Crippen LogP contribution is 2.21. The lowest BCUT2D eigenvalue weighted by Gasteiger charge is -2.12. The van der Waals surface area contributed by atoms with Gasteiger partial charge in [-0.15, -0.1) is 0 Å². The monoisotopic (exact) mass is 250 g/mol. The number of nitrogens with two attached hydrogens (primary N) is 1. The van der Waals surface area contributed by atoms with Crippen LogP contribution in [0.1, 0.15) is 19.3 Å². The molecule has 5 heteroatoms. The van der Waals surface area contributed by atoms with Crippen molar-refractivity contribution in [2.24, 2.45) is 5.73 Å². The summed E-state index contributed by atoms with van der Waals surface area (Å²) in [6.45, 7) is 0. The summed E-state index contributed by atoms with van der Waals surface area (Å²) in [4.78, 5) is 11.6. The Kier molecular flexibility index (Phi) is 4.04. The molecule has 0 saturated heterocycles. The van der Waals surface area contributed by atoms with Crippen LogP contribution in [0, 0.1) is 0 Å². The van der Waals surface area contributed by atoms with Gasteiger partial charge < -0.3 is 15.2 Å². The van der Waals surface area contributed by atoms with Crippen LogP contribution in [-0.2, 0) is 4.74 Å². The van der Waals surface area contributed by atoms with Crippen LogP contribution in [0.5, 0.6) is 5.75 Å². The van der Waals surface area contributed by atoms with E-state index in [1.54, 1.807) is 31.4 Å². The Labute approximate surface area is 106 Å². The van der Waals surface area contributed by atoms with Gasteiger partial charge in [0.1, 0.15) is 11.9 Å². The van der Waals surface area contributed by atoms with Crippen LogP contribution in [0.25, 0.3) is 0 Å². The molecule has 1 aromatic rings. The lowest BCUT2D eigenvalue weighted by atomic mass is 10.3. The maximum absolute atomic E-state index is 11.6. The topological polar surface area (TPSA) is 73.6 Å². The fourth-order valence-electron chi connectivity index (χ4n) is 2.05. The van der Waals surface area contributed by atoms with Gasteiger partial charge in [-0.25, -0.2) is 4.79 Å². The summed E-state index contributed by atoms with van der Waals surface area (Å²) >= 11 is 0. The zero-order valence-corrected chi connectivity index (χ0v) is 10.4. The largest absolute Gasteiger partial charge is 0.497 e. The van der Waals surface area contributed by atoms with E-state index in [2.05, 4.69) is 5.32 Å². The fourth-order valence-corrected chi connectivity index (χ4v) is 2.05. The SMILES string of the molecule is COc1ccc(NC(=O)OC2CCC(N)C2)cc1. The van der Waals surface area contributed by atoms with E-state index in [1.807, 2.05) is 0 Å². The first-order chi connectivity index (χ1) is 8.67. The van der Waals surface area contributed by atoms with Gasteiger partial charge in [-0.1, -0.05) is 0 Å². The van der Waals surface area contributed by atoms with E-state index >= 15 is 0 Å². The number of hydrogen-bond donors (Lipinski definition) is 2. The van der Waals surface area contributed by atoms with Crippen LogP contribution >= 0.6 is 0 Å². The summed E-state index contributed by atoms with van der Waals surface area (Å²) in [6.07, 6.45) is 2.02. The molecule has 0 aliphatic heterocycles. The number of hydrogen-bond acceptors (Lipinski definition) is 4. The van der Waals surface area contributed by atoms with Crippen molar-refractivity contribution >= 4 is 11.8 Å². The van der Waals surface area contributed by atoms with Crippen molar-refractivity contribution in [2.75, 3.05) is 12.4 Å². The van der Waals surface area contributed by atoms with Gasteiger partial charge in [0.15, 0.2) is 0 Å². The van der Waals surface area contributed by atoms with Crippen molar-refractivity contribution in [3.05, 3.63) is 24.3 Å². The number of rotatable bonds is 3. The Balaban J connectivity index is 1.83. The summed E-state index contributed by atoms with van der Waals surface area (Å²) in [7, 11) is 1.60. The first-order valence-electron chi connectivity index (χ1n) is 6.04. The number of nitrogens with one attached hydrogen (secondary N) is 1. The van der Waals surface area contributed by atoms with E-state index in [0.29, 0.717) is 5.69 Å². The van der Waals surface area contributed by atoms with Gasteiger partial charge in [-0.3, -0.25) is 5.32 Å². The van der Waals surface area contributed by atoms with Crippen molar-refractivity contribution in [1.82, 2.24) is 0 Å². The second-order valence-electron chi connectivity index (χ2n) is 4.45. The van der Waals surface area contributed by atoms with Crippen LogP contribution in [0.2, 0.25) is 0 Å². The van der Waals surface area contributed by atoms with Gasteiger partial charge in [0, 0.05) is 11.7 Å². The molecule has 3 N–H and O–H groups in total. The summed E-state index contributed by atoms with van der Waals surface area (Å²) in [5.74, 6) is 0.746.